The van der Waals surface area contributed by atoms with Crippen LogP contribution >= 0.6 is 0 Å². The summed E-state index contributed by atoms with van der Waals surface area (Å²) in [6, 6.07) is 0. The molecule has 4 saturated heterocycles. The third-order valence-electron chi connectivity index (χ3n) is 11.5. The van der Waals surface area contributed by atoms with Gasteiger partial charge < -0.3 is 121 Å². The van der Waals surface area contributed by atoms with Gasteiger partial charge in [0.2, 0.25) is 17.7 Å². The molecule has 1 unspecified atom stereocenters. The number of hydrogen-bond donors (Lipinski definition) is 17. The summed E-state index contributed by atoms with van der Waals surface area (Å²) in [5.41, 5.74) is 11.2. The van der Waals surface area contributed by atoms with Gasteiger partial charge in [0.05, 0.1) is 58.8 Å². The van der Waals surface area contributed by atoms with E-state index in [0.717, 1.165) is 9.91 Å². The Bertz CT molecular complexity index is 1540. The van der Waals surface area contributed by atoms with Gasteiger partial charge in [-0.2, -0.15) is 0 Å². The number of carbonyl (C=O) groups excluding carboxylic acids is 3. The topological polar surface area (TPSA) is 479 Å². The molecule has 30 nitrogen and oxygen atoms in total. The molecule has 30 heteroatoms. The van der Waals surface area contributed by atoms with Crippen molar-refractivity contribution in [3.63, 3.8) is 0 Å². The number of amides is 3. The molecule has 4 aliphatic heterocycles. The van der Waals surface area contributed by atoms with E-state index >= 15 is 0 Å². The van der Waals surface area contributed by atoms with Gasteiger partial charge in [-0.1, -0.05) is 0 Å². The van der Waals surface area contributed by atoms with Crippen LogP contribution < -0.4 is 16.9 Å². The Morgan fingerprint density at radius 1 is 0.585 bits per heavy atom. The zero-order valence-corrected chi connectivity index (χ0v) is 34.6. The second-order valence-electron chi connectivity index (χ2n) is 16.3. The lowest BCUT2D eigenvalue weighted by molar-refractivity contribution is -0.370. The van der Waals surface area contributed by atoms with Crippen LogP contribution in [0.3, 0.4) is 0 Å². The van der Waals surface area contributed by atoms with E-state index in [9.17, 15) is 85.9 Å². The van der Waals surface area contributed by atoms with Gasteiger partial charge in [-0.15, -0.1) is 0 Å². The van der Waals surface area contributed by atoms with E-state index in [1.54, 1.807) is 0 Å². The Hall–Kier alpha value is -2.55. The van der Waals surface area contributed by atoms with Crippen molar-refractivity contribution in [2.45, 2.75) is 135 Å². The van der Waals surface area contributed by atoms with Crippen molar-refractivity contribution in [3.8, 4) is 0 Å². The van der Waals surface area contributed by atoms with E-state index in [1.165, 1.54) is 0 Å². The molecule has 376 valence electrons. The number of nitrogens with zero attached hydrogens (tertiary/aromatic N) is 2. The molecular weight excluding hydrogens is 890 g/mol. The van der Waals surface area contributed by atoms with E-state index < -0.39 is 199 Å². The maximum absolute atomic E-state index is 13.2. The molecule has 0 aromatic heterocycles. The lowest BCUT2D eigenvalue weighted by Gasteiger charge is -2.47. The summed E-state index contributed by atoms with van der Waals surface area (Å²) in [4.78, 5) is 37.4. The number of carbonyl (C=O) groups is 3. The van der Waals surface area contributed by atoms with Crippen LogP contribution in [0.2, 0.25) is 0 Å². The quantitative estimate of drug-likeness (QED) is 0.0448. The second kappa shape index (κ2) is 23.2. The van der Waals surface area contributed by atoms with Crippen LogP contribution in [0.5, 0.6) is 0 Å². The van der Waals surface area contributed by atoms with Crippen molar-refractivity contribution in [2.75, 3.05) is 65.8 Å². The number of rotatable bonds is 22. The SMILES string of the molecule is NC(=O)CN(CC(N)=O)CC(=O)NN(CCO[C@H]1O[C@H](CO)[C@@H](O)[C@H](O)[C@@H]1O)CCO[C@H]1O[C@H](CO[C@H]2O[C@H](CO)[C@@H](O)[C@H](O)[C@@H]2O)[C@@H](O)[C@H](O[C@H]2OC3(C[C@@H]3O)[C@@H](O)[C@H](O)[C@@H]2O)[C@@H]1O. The highest BCUT2D eigenvalue weighted by molar-refractivity contribution is 5.82. The average Bonchev–Trinajstić information content (AvgIpc) is 3.91. The van der Waals surface area contributed by atoms with Crippen molar-refractivity contribution in [2.24, 2.45) is 11.5 Å². The van der Waals surface area contributed by atoms with Crippen LogP contribution in [0.15, 0.2) is 0 Å². The minimum absolute atomic E-state index is 0.174. The van der Waals surface area contributed by atoms with Crippen LogP contribution in [-0.4, -0.2) is 293 Å². The van der Waals surface area contributed by atoms with Gasteiger partial charge in [-0.25, -0.2) is 5.01 Å². The fourth-order valence-electron chi connectivity index (χ4n) is 7.69. The number of nitrogens with one attached hydrogen (secondary N) is 1. The van der Waals surface area contributed by atoms with Crippen molar-refractivity contribution in [1.82, 2.24) is 15.3 Å². The molecule has 0 radical (unpaired) electrons. The number of aliphatic hydroxyl groups excluding tert-OH is 14. The summed E-state index contributed by atoms with van der Waals surface area (Å²) in [6.07, 6.45) is -35.0. The lowest BCUT2D eigenvalue weighted by Crippen LogP contribution is -2.66. The van der Waals surface area contributed by atoms with E-state index in [4.69, 9.17) is 49.4 Å². The highest BCUT2D eigenvalue weighted by Gasteiger charge is 2.68. The highest BCUT2D eigenvalue weighted by atomic mass is 16.8. The second-order valence-corrected chi connectivity index (χ2v) is 16.3. The minimum Gasteiger partial charge on any atom is -0.394 e. The summed E-state index contributed by atoms with van der Waals surface area (Å²) in [5.74, 6) is -2.63. The fourth-order valence-corrected chi connectivity index (χ4v) is 7.69. The highest BCUT2D eigenvalue weighted by Crippen LogP contribution is 2.49. The normalized spacial score (nSPS) is 43.2. The Labute approximate surface area is 368 Å². The van der Waals surface area contributed by atoms with Gasteiger partial charge in [-0.3, -0.25) is 24.7 Å². The van der Waals surface area contributed by atoms with Crippen LogP contribution in [0.25, 0.3) is 0 Å². The molecule has 3 amide bonds. The van der Waals surface area contributed by atoms with Crippen molar-refractivity contribution >= 4 is 17.7 Å². The van der Waals surface area contributed by atoms with Gasteiger partial charge in [-0.05, 0) is 0 Å². The summed E-state index contributed by atoms with van der Waals surface area (Å²) in [7, 11) is 0. The minimum atomic E-state index is -2.00. The van der Waals surface area contributed by atoms with Crippen molar-refractivity contribution in [1.29, 1.82) is 0 Å². The van der Waals surface area contributed by atoms with E-state index in [-0.39, 0.29) is 19.5 Å². The van der Waals surface area contributed by atoms with Crippen molar-refractivity contribution in [3.05, 3.63) is 0 Å². The first kappa shape index (κ1) is 53.4. The number of ether oxygens (including phenoxy) is 8. The summed E-state index contributed by atoms with van der Waals surface area (Å²) < 4.78 is 44.8. The molecule has 1 saturated carbocycles. The molecule has 1 spiro atoms. The van der Waals surface area contributed by atoms with E-state index in [1.807, 2.05) is 0 Å². The number of hydrazine groups is 1. The molecule has 5 aliphatic rings. The monoisotopic (exact) mass is 951 g/mol. The molecule has 4 heterocycles. The summed E-state index contributed by atoms with van der Waals surface area (Å²) in [5, 5.41) is 147. The predicted octanol–water partition coefficient (Wildman–Crippen LogP) is -13.0. The first-order chi connectivity index (χ1) is 30.6. The molecule has 0 aromatic rings. The van der Waals surface area contributed by atoms with E-state index in [0.29, 0.717) is 0 Å². The lowest BCUT2D eigenvalue weighted by atomic mass is 9.95. The number of nitrogens with two attached hydrogens (primary N) is 2. The first-order valence-electron chi connectivity index (χ1n) is 20.5. The van der Waals surface area contributed by atoms with Gasteiger partial charge in [0.25, 0.3) is 0 Å². The predicted molar refractivity (Wildman–Crippen MR) is 202 cm³/mol. The average molecular weight is 952 g/mol. The third-order valence-corrected chi connectivity index (χ3v) is 11.5. The molecule has 0 aromatic carbocycles. The Morgan fingerprint density at radius 3 is 1.52 bits per heavy atom. The van der Waals surface area contributed by atoms with Gasteiger partial charge in [0.1, 0.15) is 97.2 Å². The molecule has 65 heavy (non-hydrogen) atoms. The standard InChI is InChI=1S/C35H61N5O25/c36-16(44)6-39(7-17(37)45)8-18(46)38-40(1-3-58-31-25(53)22(50)19(47)12(9-41)61-31)2-4-59-33-28(56)29(64-34-27(55)24(52)30(57)35(65-34)5-15(35)43)21(49)14(63-33)11-60-32-26(54)23(51)20(48)13(10-42)62-32/h12-15,19-34,41-43,47-57H,1-11H2,(H2,36,44)(H2,37,45)(H,38,46)/t12-,13-,14-,15+,19-,20-,21-,22+,23+,24-,25+,26+,27+,28+,29+,30+,31+,32+,33+,34+,35?/m1/s1. The summed E-state index contributed by atoms with van der Waals surface area (Å²) in [6.45, 7) is -5.53. The largest absolute Gasteiger partial charge is 0.394 e. The Morgan fingerprint density at radius 2 is 1.05 bits per heavy atom. The Kier molecular flexibility index (Phi) is 19.0. The smallest absolute Gasteiger partial charge is 0.248 e. The molecule has 1 aliphatic carbocycles. The molecule has 5 fully saturated rings. The Balaban J connectivity index is 1.31. The van der Waals surface area contributed by atoms with Gasteiger partial charge in [0, 0.05) is 19.5 Å². The van der Waals surface area contributed by atoms with Crippen LogP contribution in [-0.2, 0) is 52.3 Å². The van der Waals surface area contributed by atoms with Crippen LogP contribution in [0.1, 0.15) is 6.42 Å². The van der Waals surface area contributed by atoms with Gasteiger partial charge >= 0.3 is 0 Å². The molecule has 19 N–H and O–H groups in total. The van der Waals surface area contributed by atoms with Crippen LogP contribution in [0.4, 0.5) is 0 Å². The third kappa shape index (κ3) is 12.8. The number of hydrogen-bond acceptors (Lipinski definition) is 27. The molecule has 5 rings (SSSR count). The van der Waals surface area contributed by atoms with Gasteiger partial charge in [0.15, 0.2) is 25.2 Å². The molecular formula is C35H61N5O25. The summed E-state index contributed by atoms with van der Waals surface area (Å²) >= 11 is 0. The maximum atomic E-state index is 13.2. The molecule has 0 bridgehead atoms. The zero-order valence-electron chi connectivity index (χ0n) is 34.6. The number of aliphatic hydroxyl groups is 14. The van der Waals surface area contributed by atoms with E-state index in [2.05, 4.69) is 5.43 Å². The van der Waals surface area contributed by atoms with Crippen molar-refractivity contribution < 1.29 is 124 Å². The zero-order chi connectivity index (χ0) is 48.1. The maximum Gasteiger partial charge on any atom is 0.248 e. The molecule has 21 atom stereocenters. The van der Waals surface area contributed by atoms with Crippen LogP contribution in [0, 0.1) is 0 Å². The fraction of sp³-hybridized carbons (Fsp3) is 0.914. The first-order valence-corrected chi connectivity index (χ1v) is 20.5. The number of primary amides is 2.